The zero-order valence-corrected chi connectivity index (χ0v) is 13.7. The van der Waals surface area contributed by atoms with Crippen LogP contribution in [0.1, 0.15) is 12.8 Å². The van der Waals surface area contributed by atoms with Gasteiger partial charge in [-0.25, -0.2) is 9.97 Å². The highest BCUT2D eigenvalue weighted by atomic mass is 16.6. The number of ether oxygens (including phenoxy) is 2. The molecule has 0 bridgehead atoms. The summed E-state index contributed by atoms with van der Waals surface area (Å²) in [6.45, 7) is 4.37. The third-order valence-electron chi connectivity index (χ3n) is 4.66. The summed E-state index contributed by atoms with van der Waals surface area (Å²) in [5.74, 6) is 0.961. The number of aromatic nitrogens is 2. The average Bonchev–Trinajstić information content (AvgIpc) is 2.80. The molecule has 0 aliphatic carbocycles. The van der Waals surface area contributed by atoms with E-state index in [0.29, 0.717) is 39.0 Å². The van der Waals surface area contributed by atoms with E-state index in [0.717, 1.165) is 31.7 Å². The molecule has 0 radical (unpaired) electrons. The van der Waals surface area contributed by atoms with Gasteiger partial charge in [-0.15, -0.1) is 0 Å². The molecule has 2 aliphatic rings. The maximum Gasteiger partial charge on any atom is 0.131 e. The second-order valence-corrected chi connectivity index (χ2v) is 6.52. The highest BCUT2D eigenvalue weighted by molar-refractivity contribution is 5.36. The fourth-order valence-corrected chi connectivity index (χ4v) is 3.34. The Balaban J connectivity index is 1.50. The van der Waals surface area contributed by atoms with E-state index in [2.05, 4.69) is 26.8 Å². The quantitative estimate of drug-likeness (QED) is 0.846. The van der Waals surface area contributed by atoms with Crippen molar-refractivity contribution < 1.29 is 14.6 Å². The molecule has 1 aromatic rings. The lowest BCUT2D eigenvalue weighted by molar-refractivity contribution is -0.0767. The van der Waals surface area contributed by atoms with Gasteiger partial charge in [-0.2, -0.15) is 0 Å². The van der Waals surface area contributed by atoms with Crippen LogP contribution in [0.25, 0.3) is 0 Å². The summed E-state index contributed by atoms with van der Waals surface area (Å²) in [5.41, 5.74) is -0.887. The summed E-state index contributed by atoms with van der Waals surface area (Å²) >= 11 is 0. The summed E-state index contributed by atoms with van der Waals surface area (Å²) in [6, 6.07) is 2.41. The fourth-order valence-electron chi connectivity index (χ4n) is 3.34. The van der Waals surface area contributed by atoms with E-state index in [4.69, 9.17) is 9.47 Å². The molecule has 2 saturated heterocycles. The van der Waals surface area contributed by atoms with Gasteiger partial charge >= 0.3 is 0 Å². The predicted octanol–water partition coefficient (Wildman–Crippen LogP) is 0.155. The first-order valence-electron chi connectivity index (χ1n) is 8.25. The van der Waals surface area contributed by atoms with Gasteiger partial charge in [-0.05, 0) is 18.9 Å². The molecule has 0 atom stereocenters. The summed E-state index contributed by atoms with van der Waals surface area (Å²) in [7, 11) is 2.09. The topological polar surface area (TPSA) is 71.0 Å². The number of aliphatic hydroxyl groups is 1. The SMILES string of the molecule is CN(c1ccncn1)C1CCN(CC2(O)COCCOC2)CC1. The monoisotopic (exact) mass is 322 g/mol. The molecular formula is C16H26N4O3. The Morgan fingerprint density at radius 2 is 2.00 bits per heavy atom. The van der Waals surface area contributed by atoms with Crippen molar-refractivity contribution in [3.05, 3.63) is 18.6 Å². The number of hydrogen-bond acceptors (Lipinski definition) is 7. The number of β-amino-alcohol motifs (C(OH)–C–C–N with tert-alkyl or cyclic N) is 1. The zero-order chi connectivity index (χ0) is 16.1. The van der Waals surface area contributed by atoms with E-state index in [1.165, 1.54) is 0 Å². The molecular weight excluding hydrogens is 296 g/mol. The lowest BCUT2D eigenvalue weighted by Gasteiger charge is -2.40. The van der Waals surface area contributed by atoms with Gasteiger partial charge in [0.15, 0.2) is 0 Å². The van der Waals surface area contributed by atoms with E-state index in [-0.39, 0.29) is 0 Å². The van der Waals surface area contributed by atoms with Crippen molar-refractivity contribution >= 4 is 5.82 Å². The Bertz CT molecular complexity index is 471. The van der Waals surface area contributed by atoms with Crippen LogP contribution in [0.3, 0.4) is 0 Å². The first-order chi connectivity index (χ1) is 11.2. The van der Waals surface area contributed by atoms with Gasteiger partial charge in [0.1, 0.15) is 17.7 Å². The molecule has 2 aliphatic heterocycles. The minimum atomic E-state index is -0.887. The number of piperidine rings is 1. The normalized spacial score (nSPS) is 23.4. The smallest absolute Gasteiger partial charge is 0.131 e. The van der Waals surface area contributed by atoms with Gasteiger partial charge in [0.2, 0.25) is 0 Å². The predicted molar refractivity (Wildman–Crippen MR) is 86.5 cm³/mol. The standard InChI is InChI=1S/C16H26N4O3/c1-19(15-2-5-17-13-18-15)14-3-6-20(7-4-14)10-16(21)11-22-8-9-23-12-16/h2,5,13-14,21H,3-4,6-12H2,1H3. The van der Waals surface area contributed by atoms with Crippen LogP contribution in [0.15, 0.2) is 18.6 Å². The van der Waals surface area contributed by atoms with E-state index >= 15 is 0 Å². The average molecular weight is 322 g/mol. The highest BCUT2D eigenvalue weighted by Gasteiger charge is 2.34. The van der Waals surface area contributed by atoms with Gasteiger partial charge in [0.05, 0.1) is 26.4 Å². The zero-order valence-electron chi connectivity index (χ0n) is 13.7. The number of rotatable bonds is 4. The van der Waals surface area contributed by atoms with E-state index in [1.807, 2.05) is 6.07 Å². The van der Waals surface area contributed by atoms with Crippen LogP contribution in [0.5, 0.6) is 0 Å². The Morgan fingerprint density at radius 3 is 2.61 bits per heavy atom. The summed E-state index contributed by atoms with van der Waals surface area (Å²) in [5, 5.41) is 10.6. The maximum atomic E-state index is 10.6. The second-order valence-electron chi connectivity index (χ2n) is 6.52. The minimum absolute atomic E-state index is 0.355. The van der Waals surface area contributed by atoms with Crippen molar-refractivity contribution in [3.63, 3.8) is 0 Å². The number of nitrogens with zero attached hydrogens (tertiary/aromatic N) is 4. The minimum Gasteiger partial charge on any atom is -0.384 e. The molecule has 0 aromatic carbocycles. The van der Waals surface area contributed by atoms with Gasteiger partial charge in [-0.1, -0.05) is 0 Å². The Hall–Kier alpha value is -1.28. The van der Waals surface area contributed by atoms with Crippen molar-refractivity contribution in [2.45, 2.75) is 24.5 Å². The molecule has 0 saturated carbocycles. The van der Waals surface area contributed by atoms with Crippen molar-refractivity contribution in [3.8, 4) is 0 Å². The molecule has 1 aromatic heterocycles. The van der Waals surface area contributed by atoms with Crippen molar-refractivity contribution in [2.75, 3.05) is 58.0 Å². The Labute approximate surface area is 137 Å². The van der Waals surface area contributed by atoms with Gasteiger partial charge in [-0.3, -0.25) is 0 Å². The van der Waals surface area contributed by atoms with Gasteiger partial charge in [0, 0.05) is 38.9 Å². The third kappa shape index (κ3) is 4.38. The van der Waals surface area contributed by atoms with Crippen LogP contribution >= 0.6 is 0 Å². The molecule has 2 fully saturated rings. The van der Waals surface area contributed by atoms with E-state index < -0.39 is 5.60 Å². The first-order valence-corrected chi connectivity index (χ1v) is 8.25. The van der Waals surface area contributed by atoms with Crippen LogP contribution in [-0.4, -0.2) is 84.7 Å². The molecule has 128 valence electrons. The lowest BCUT2D eigenvalue weighted by Crippen LogP contribution is -2.52. The lowest BCUT2D eigenvalue weighted by atomic mass is 10.00. The van der Waals surface area contributed by atoms with Crippen LogP contribution < -0.4 is 4.90 Å². The van der Waals surface area contributed by atoms with Crippen LogP contribution in [0, 0.1) is 0 Å². The van der Waals surface area contributed by atoms with Gasteiger partial charge < -0.3 is 24.4 Å². The largest absolute Gasteiger partial charge is 0.384 e. The van der Waals surface area contributed by atoms with E-state index in [9.17, 15) is 5.11 Å². The molecule has 7 nitrogen and oxygen atoms in total. The van der Waals surface area contributed by atoms with Crippen molar-refractivity contribution in [1.82, 2.24) is 14.9 Å². The summed E-state index contributed by atoms with van der Waals surface area (Å²) in [6.07, 6.45) is 5.47. The molecule has 0 amide bonds. The molecule has 0 unspecified atom stereocenters. The van der Waals surface area contributed by atoms with Crippen molar-refractivity contribution in [1.29, 1.82) is 0 Å². The number of anilines is 1. The van der Waals surface area contributed by atoms with E-state index in [1.54, 1.807) is 12.5 Å². The molecule has 7 heteroatoms. The van der Waals surface area contributed by atoms with Crippen LogP contribution in [0.4, 0.5) is 5.82 Å². The summed E-state index contributed by atoms with van der Waals surface area (Å²) in [4.78, 5) is 12.8. The van der Waals surface area contributed by atoms with Crippen LogP contribution in [-0.2, 0) is 9.47 Å². The molecule has 3 heterocycles. The van der Waals surface area contributed by atoms with Crippen LogP contribution in [0.2, 0.25) is 0 Å². The molecule has 0 spiro atoms. The maximum absolute atomic E-state index is 10.6. The molecule has 1 N–H and O–H groups in total. The molecule has 23 heavy (non-hydrogen) atoms. The Morgan fingerprint density at radius 1 is 1.30 bits per heavy atom. The number of likely N-dealkylation sites (tertiary alicyclic amines) is 1. The molecule has 3 rings (SSSR count). The highest BCUT2D eigenvalue weighted by Crippen LogP contribution is 2.22. The second kappa shape index (κ2) is 7.53. The third-order valence-corrected chi connectivity index (χ3v) is 4.66. The first kappa shape index (κ1) is 16.6. The fraction of sp³-hybridized carbons (Fsp3) is 0.750. The van der Waals surface area contributed by atoms with Crippen molar-refractivity contribution in [2.24, 2.45) is 0 Å². The number of hydrogen-bond donors (Lipinski definition) is 1. The summed E-state index contributed by atoms with van der Waals surface area (Å²) < 4.78 is 10.9. The van der Waals surface area contributed by atoms with Gasteiger partial charge in [0.25, 0.3) is 0 Å². The Kier molecular flexibility index (Phi) is 5.42.